The van der Waals surface area contributed by atoms with Gasteiger partial charge in [0.2, 0.25) is 0 Å². The Balaban J connectivity index is 3.41. The first kappa shape index (κ1) is 41.4. The molecule has 0 heterocycles. The van der Waals surface area contributed by atoms with Crippen LogP contribution in [0.3, 0.4) is 0 Å². The van der Waals surface area contributed by atoms with Gasteiger partial charge in [0, 0.05) is 92.0 Å². The predicted octanol–water partition coefficient (Wildman–Crippen LogP) is 6.45. The van der Waals surface area contributed by atoms with Crippen molar-refractivity contribution in [3.8, 4) is 0 Å². The van der Waals surface area contributed by atoms with Gasteiger partial charge in [-0.3, -0.25) is 19.2 Å². The first-order valence-corrected chi connectivity index (χ1v) is 23.9. The Bertz CT molecular complexity index is 594. The van der Waals surface area contributed by atoms with Crippen LogP contribution >= 0.6 is 129 Å². The minimum Gasteiger partial charge on any atom is -0.386 e. The normalized spacial score (nSPS) is 11.1. The molecule has 0 radical (unpaired) electrons. The Morgan fingerprint density at radius 2 is 0.692 bits per heavy atom. The lowest BCUT2D eigenvalue weighted by atomic mass is 10.5. The van der Waals surface area contributed by atoms with E-state index in [1.165, 1.54) is 70.6 Å². The van der Waals surface area contributed by atoms with E-state index in [4.69, 9.17) is 10.2 Å². The first-order chi connectivity index (χ1) is 19.0. The van der Waals surface area contributed by atoms with Crippen LogP contribution in [-0.2, 0) is 19.2 Å². The summed E-state index contributed by atoms with van der Waals surface area (Å²) in [6.45, 7) is 0. The molecule has 39 heavy (non-hydrogen) atoms. The molecule has 0 aliphatic carbocycles. The first-order valence-electron chi connectivity index (χ1n) is 11.9. The lowest BCUT2D eigenvalue weighted by Gasteiger charge is -2.04. The quantitative estimate of drug-likeness (QED) is 0.0675. The van der Waals surface area contributed by atoms with Crippen LogP contribution in [0.15, 0.2) is 0 Å². The number of carbonyl (C=O) groups is 4. The molecule has 0 amide bonds. The number of rotatable bonds is 28. The maximum Gasteiger partial charge on any atom is 0.190 e. The van der Waals surface area contributed by atoms with Gasteiger partial charge >= 0.3 is 0 Å². The summed E-state index contributed by atoms with van der Waals surface area (Å²) in [5, 5.41) is 21.1. The van der Waals surface area contributed by atoms with Gasteiger partial charge in [-0.25, -0.2) is 0 Å². The predicted molar refractivity (Wildman–Crippen MR) is 195 cm³/mol. The number of hydrogen-bond donors (Lipinski definition) is 2. The van der Waals surface area contributed by atoms with Gasteiger partial charge in [-0.1, -0.05) is 47.0 Å². The van der Waals surface area contributed by atoms with Gasteiger partial charge in [0.1, 0.15) is 0 Å². The molecule has 0 spiro atoms. The van der Waals surface area contributed by atoms with Crippen molar-refractivity contribution in [2.75, 3.05) is 78.2 Å². The van der Waals surface area contributed by atoms with Crippen molar-refractivity contribution < 1.29 is 29.4 Å². The molecule has 17 heteroatoms. The van der Waals surface area contributed by atoms with E-state index in [1.54, 1.807) is 58.8 Å². The Hall–Kier alpha value is 2.45. The van der Waals surface area contributed by atoms with Crippen LogP contribution in [0, 0.1) is 0 Å². The van der Waals surface area contributed by atoms with Crippen LogP contribution in [0.4, 0.5) is 0 Å². The molecule has 0 aromatic carbocycles. The van der Waals surface area contributed by atoms with Gasteiger partial charge in [0.05, 0.1) is 11.9 Å². The third-order valence-electron chi connectivity index (χ3n) is 3.91. The number of carbonyl (C=O) groups excluding carboxylic acids is 4. The second-order valence-corrected chi connectivity index (χ2v) is 20.2. The van der Waals surface area contributed by atoms with Crippen LogP contribution in [0.5, 0.6) is 0 Å². The zero-order valence-corrected chi connectivity index (χ0v) is 30.7. The lowest BCUT2D eigenvalue weighted by Crippen LogP contribution is -2.01. The molecule has 0 bridgehead atoms. The molecular weight excluding hydrogens is 713 g/mol. The molecule has 0 atom stereocenters. The van der Waals surface area contributed by atoms with E-state index in [-0.39, 0.29) is 32.3 Å². The summed E-state index contributed by atoms with van der Waals surface area (Å²) in [6.07, 6.45) is 2.09. The summed E-state index contributed by atoms with van der Waals surface area (Å²) in [7, 11) is 0. The highest BCUT2D eigenvalue weighted by atomic mass is 32.2. The average molecular weight is 751 g/mol. The third-order valence-corrected chi connectivity index (χ3v) is 15.6. The summed E-state index contributed by atoms with van der Waals surface area (Å²) in [5.74, 6) is 6.54. The van der Waals surface area contributed by atoms with E-state index in [0.717, 1.165) is 66.4 Å². The van der Waals surface area contributed by atoms with E-state index in [1.807, 2.05) is 0 Å². The zero-order valence-electron chi connectivity index (χ0n) is 21.7. The maximum absolute atomic E-state index is 12.0. The summed E-state index contributed by atoms with van der Waals surface area (Å²) in [4.78, 5) is 47.5. The molecule has 0 aromatic heterocycles. The Kier molecular flexibility index (Phi) is 35.4. The molecule has 0 saturated carbocycles. The molecule has 6 nitrogen and oxygen atoms in total. The van der Waals surface area contributed by atoms with Crippen molar-refractivity contribution in [2.45, 2.75) is 25.7 Å². The molecule has 0 unspecified atom stereocenters. The highest BCUT2D eigenvalue weighted by molar-refractivity contribution is 8.27. The molecule has 0 saturated heterocycles. The average Bonchev–Trinajstić information content (AvgIpc) is 2.91. The standard InChI is InChI=1S/C22H38O6S11/c23-13-32-15-34-17-38-21(27)3-7-29-5-1-19(25)36-11-9-31-10-12-37-20(26)2-6-30-8-4-22(28)39-18-35-16-33-14-24/h23-24H,1-18H2. The molecular formula is C22H38O6S11. The van der Waals surface area contributed by atoms with Crippen LogP contribution in [0.2, 0.25) is 0 Å². The summed E-state index contributed by atoms with van der Waals surface area (Å²) in [5.41, 5.74) is 0. The monoisotopic (exact) mass is 750 g/mol. The van der Waals surface area contributed by atoms with Crippen molar-refractivity contribution in [1.29, 1.82) is 0 Å². The fourth-order valence-corrected chi connectivity index (χ4v) is 12.6. The Morgan fingerprint density at radius 1 is 0.359 bits per heavy atom. The summed E-state index contributed by atoms with van der Waals surface area (Å²) in [6, 6.07) is 0. The van der Waals surface area contributed by atoms with E-state index in [2.05, 4.69) is 0 Å². The van der Waals surface area contributed by atoms with Crippen LogP contribution in [-0.4, -0.2) is 109 Å². The Morgan fingerprint density at radius 3 is 1.05 bits per heavy atom. The second-order valence-electron chi connectivity index (χ2n) is 6.86. The van der Waals surface area contributed by atoms with Crippen LogP contribution in [0.1, 0.15) is 25.7 Å². The van der Waals surface area contributed by atoms with Gasteiger partial charge in [0.25, 0.3) is 0 Å². The number of aliphatic hydroxyl groups is 2. The minimum atomic E-state index is 0.112. The van der Waals surface area contributed by atoms with Gasteiger partial charge in [-0.15, -0.1) is 47.0 Å². The minimum absolute atomic E-state index is 0.112. The Labute approximate surface area is 280 Å². The van der Waals surface area contributed by atoms with E-state index in [9.17, 15) is 19.2 Å². The van der Waals surface area contributed by atoms with Gasteiger partial charge in [-0.2, -0.15) is 35.3 Å². The highest BCUT2D eigenvalue weighted by Gasteiger charge is 2.07. The summed E-state index contributed by atoms with van der Waals surface area (Å²) >= 11 is 16.6. The number of thioether (sulfide) groups is 11. The fraction of sp³-hybridized carbons (Fsp3) is 0.818. The molecule has 0 rings (SSSR count). The van der Waals surface area contributed by atoms with Crippen LogP contribution in [0.25, 0.3) is 0 Å². The fourth-order valence-electron chi connectivity index (χ4n) is 2.12. The van der Waals surface area contributed by atoms with Crippen molar-refractivity contribution in [3.63, 3.8) is 0 Å². The number of hydrogen-bond acceptors (Lipinski definition) is 17. The lowest BCUT2D eigenvalue weighted by molar-refractivity contribution is -0.111. The van der Waals surface area contributed by atoms with E-state index >= 15 is 0 Å². The summed E-state index contributed by atoms with van der Waals surface area (Å²) < 4.78 is 0. The molecule has 0 aromatic rings. The zero-order chi connectivity index (χ0) is 28.8. The van der Waals surface area contributed by atoms with E-state index in [0.29, 0.717) is 25.7 Å². The van der Waals surface area contributed by atoms with Crippen molar-refractivity contribution in [2.24, 2.45) is 0 Å². The van der Waals surface area contributed by atoms with Crippen molar-refractivity contribution in [3.05, 3.63) is 0 Å². The van der Waals surface area contributed by atoms with Crippen molar-refractivity contribution >= 4 is 150 Å². The third kappa shape index (κ3) is 33.2. The molecule has 0 aliphatic heterocycles. The van der Waals surface area contributed by atoms with Gasteiger partial charge < -0.3 is 10.2 Å². The number of aliphatic hydroxyl groups excluding tert-OH is 2. The van der Waals surface area contributed by atoms with Crippen LogP contribution < -0.4 is 0 Å². The molecule has 2 N–H and O–H groups in total. The highest BCUT2D eigenvalue weighted by Crippen LogP contribution is 2.21. The SMILES string of the molecule is O=C(CCSCCC(=O)SCSCSCO)SCCSCCSC(=O)CCSCCC(=O)SCSCSCO. The van der Waals surface area contributed by atoms with Gasteiger partial charge in [0.15, 0.2) is 20.5 Å². The van der Waals surface area contributed by atoms with Crippen molar-refractivity contribution in [1.82, 2.24) is 0 Å². The second kappa shape index (κ2) is 33.3. The smallest absolute Gasteiger partial charge is 0.190 e. The molecule has 228 valence electrons. The maximum atomic E-state index is 12.0. The van der Waals surface area contributed by atoms with E-state index < -0.39 is 0 Å². The molecule has 0 aliphatic rings. The van der Waals surface area contributed by atoms with Gasteiger partial charge in [-0.05, 0) is 0 Å². The largest absolute Gasteiger partial charge is 0.386 e. The molecule has 0 fully saturated rings. The topological polar surface area (TPSA) is 109 Å².